The van der Waals surface area contributed by atoms with Gasteiger partial charge in [0.1, 0.15) is 0 Å². The quantitative estimate of drug-likeness (QED) is 0.726. The maximum atomic E-state index is 11.7. The van der Waals surface area contributed by atoms with E-state index >= 15 is 0 Å². The summed E-state index contributed by atoms with van der Waals surface area (Å²) in [7, 11) is 0. The predicted molar refractivity (Wildman–Crippen MR) is 52.8 cm³/mol. The zero-order valence-electron chi connectivity index (χ0n) is 7.27. The molecular weight excluding hydrogens is 184 g/mol. The van der Waals surface area contributed by atoms with Gasteiger partial charge in [0.2, 0.25) is 0 Å². The zero-order chi connectivity index (χ0) is 9.26. The summed E-state index contributed by atoms with van der Waals surface area (Å²) >= 11 is 1.49. The maximum Gasteiger partial charge on any atom is 0.263 e. The molecule has 1 amide bonds. The molecule has 13 heavy (non-hydrogen) atoms. The molecule has 0 unspecified atom stereocenters. The third-order valence-corrected chi connectivity index (χ3v) is 3.10. The van der Waals surface area contributed by atoms with Crippen molar-refractivity contribution in [3.05, 3.63) is 22.4 Å². The molecule has 0 saturated carbocycles. The van der Waals surface area contributed by atoms with E-state index in [4.69, 9.17) is 5.73 Å². The van der Waals surface area contributed by atoms with Crippen LogP contribution >= 0.6 is 11.3 Å². The zero-order valence-corrected chi connectivity index (χ0v) is 8.09. The molecule has 3 nitrogen and oxygen atoms in total. The number of hydrogen-bond acceptors (Lipinski definition) is 3. The molecule has 1 aliphatic rings. The van der Waals surface area contributed by atoms with Crippen molar-refractivity contribution in [3.63, 3.8) is 0 Å². The van der Waals surface area contributed by atoms with Gasteiger partial charge in [0.15, 0.2) is 0 Å². The van der Waals surface area contributed by atoms with Crippen LogP contribution in [-0.4, -0.2) is 29.9 Å². The van der Waals surface area contributed by atoms with Gasteiger partial charge in [-0.25, -0.2) is 0 Å². The number of nitrogens with two attached hydrogens (primary N) is 1. The lowest BCUT2D eigenvalue weighted by molar-refractivity contribution is 0.0795. The van der Waals surface area contributed by atoms with E-state index in [2.05, 4.69) is 0 Å². The van der Waals surface area contributed by atoms with Crippen LogP contribution in [0.15, 0.2) is 17.5 Å². The highest BCUT2D eigenvalue weighted by molar-refractivity contribution is 7.12. The molecule has 2 heterocycles. The Morgan fingerprint density at radius 1 is 1.69 bits per heavy atom. The van der Waals surface area contributed by atoms with Gasteiger partial charge in [-0.2, -0.15) is 0 Å². The van der Waals surface area contributed by atoms with E-state index in [0.29, 0.717) is 6.54 Å². The van der Waals surface area contributed by atoms with Gasteiger partial charge in [-0.3, -0.25) is 4.79 Å². The van der Waals surface area contributed by atoms with Gasteiger partial charge in [-0.15, -0.1) is 11.3 Å². The molecule has 0 spiro atoms. The number of amides is 1. The Kier molecular flexibility index (Phi) is 2.33. The highest BCUT2D eigenvalue weighted by Crippen LogP contribution is 2.15. The number of hydrogen-bond donors (Lipinski definition) is 1. The smallest absolute Gasteiger partial charge is 0.263 e. The van der Waals surface area contributed by atoms with E-state index < -0.39 is 0 Å². The lowest BCUT2D eigenvalue weighted by atomic mass is 10.3. The summed E-state index contributed by atoms with van der Waals surface area (Å²) in [5, 5.41) is 1.92. The Balaban J connectivity index is 2.06. The fourth-order valence-electron chi connectivity index (χ4n) is 1.53. The molecule has 0 aromatic carbocycles. The highest BCUT2D eigenvalue weighted by Gasteiger charge is 2.24. The van der Waals surface area contributed by atoms with Crippen LogP contribution in [0.3, 0.4) is 0 Å². The molecule has 1 atom stereocenters. The van der Waals surface area contributed by atoms with Crippen LogP contribution < -0.4 is 5.73 Å². The standard InChI is InChI=1S/C9H12N2OS/c10-7-3-4-11(6-7)9(12)8-2-1-5-13-8/h1-2,5,7H,3-4,6,10H2/t7-/m0/s1. The fourth-order valence-corrected chi connectivity index (χ4v) is 2.22. The van der Waals surface area contributed by atoms with Crippen molar-refractivity contribution in [1.29, 1.82) is 0 Å². The lowest BCUT2D eigenvalue weighted by Gasteiger charge is -2.13. The van der Waals surface area contributed by atoms with Gasteiger partial charge in [0.25, 0.3) is 5.91 Å². The summed E-state index contributed by atoms with van der Waals surface area (Å²) in [5.41, 5.74) is 5.73. The second kappa shape index (κ2) is 3.47. The van der Waals surface area contributed by atoms with E-state index in [1.165, 1.54) is 11.3 Å². The monoisotopic (exact) mass is 196 g/mol. The van der Waals surface area contributed by atoms with Crippen LogP contribution in [0, 0.1) is 0 Å². The van der Waals surface area contributed by atoms with Crippen LogP contribution in [0.25, 0.3) is 0 Å². The van der Waals surface area contributed by atoms with Crippen LogP contribution in [0.1, 0.15) is 16.1 Å². The summed E-state index contributed by atoms with van der Waals surface area (Å²) in [6.45, 7) is 1.51. The molecule has 70 valence electrons. The topological polar surface area (TPSA) is 46.3 Å². The van der Waals surface area contributed by atoms with Gasteiger partial charge in [0, 0.05) is 19.1 Å². The Labute approximate surface area is 81.2 Å². The number of thiophene rings is 1. The molecule has 0 aliphatic carbocycles. The Hall–Kier alpha value is -0.870. The molecular formula is C9H12N2OS. The summed E-state index contributed by atoms with van der Waals surface area (Å²) < 4.78 is 0. The first-order chi connectivity index (χ1) is 6.27. The largest absolute Gasteiger partial charge is 0.336 e. The summed E-state index contributed by atoms with van der Waals surface area (Å²) in [6, 6.07) is 3.92. The van der Waals surface area contributed by atoms with Gasteiger partial charge in [-0.05, 0) is 17.9 Å². The third-order valence-electron chi connectivity index (χ3n) is 2.24. The van der Waals surface area contributed by atoms with E-state index in [0.717, 1.165) is 17.8 Å². The van der Waals surface area contributed by atoms with E-state index in [1.54, 1.807) is 0 Å². The van der Waals surface area contributed by atoms with Gasteiger partial charge >= 0.3 is 0 Å². The van der Waals surface area contributed by atoms with Crippen molar-refractivity contribution in [2.75, 3.05) is 13.1 Å². The first kappa shape index (κ1) is 8.72. The van der Waals surface area contributed by atoms with Gasteiger partial charge in [0.05, 0.1) is 4.88 Å². The second-order valence-electron chi connectivity index (χ2n) is 3.28. The Bertz CT molecular complexity index is 297. The minimum atomic E-state index is 0.128. The van der Waals surface area contributed by atoms with Crippen LogP contribution in [0.2, 0.25) is 0 Å². The van der Waals surface area contributed by atoms with Crippen LogP contribution in [-0.2, 0) is 0 Å². The third kappa shape index (κ3) is 1.73. The SMILES string of the molecule is N[C@H]1CCN(C(=O)c2cccs2)C1. The molecule has 1 aromatic rings. The Morgan fingerprint density at radius 3 is 3.08 bits per heavy atom. The molecule has 1 aliphatic heterocycles. The molecule has 0 bridgehead atoms. The van der Waals surface area contributed by atoms with Crippen molar-refractivity contribution in [2.24, 2.45) is 5.73 Å². The highest BCUT2D eigenvalue weighted by atomic mass is 32.1. The predicted octanol–water partition coefficient (Wildman–Crippen LogP) is 0.921. The van der Waals surface area contributed by atoms with Gasteiger partial charge in [-0.1, -0.05) is 6.07 Å². The molecule has 0 radical (unpaired) electrons. The van der Waals surface area contributed by atoms with Crippen molar-refractivity contribution in [2.45, 2.75) is 12.5 Å². The summed E-state index contributed by atoms with van der Waals surface area (Å²) in [6.07, 6.45) is 0.928. The molecule has 4 heteroatoms. The average molecular weight is 196 g/mol. The second-order valence-corrected chi connectivity index (χ2v) is 4.22. The Morgan fingerprint density at radius 2 is 2.54 bits per heavy atom. The first-order valence-electron chi connectivity index (χ1n) is 4.36. The average Bonchev–Trinajstić information content (AvgIpc) is 2.72. The molecule has 1 saturated heterocycles. The van der Waals surface area contributed by atoms with Crippen molar-refractivity contribution in [3.8, 4) is 0 Å². The number of rotatable bonds is 1. The normalized spacial score (nSPS) is 22.2. The van der Waals surface area contributed by atoms with Crippen molar-refractivity contribution < 1.29 is 4.79 Å². The van der Waals surface area contributed by atoms with E-state index in [1.807, 2.05) is 22.4 Å². The first-order valence-corrected chi connectivity index (χ1v) is 5.23. The molecule has 2 rings (SSSR count). The molecule has 2 N–H and O–H groups in total. The van der Waals surface area contributed by atoms with E-state index in [9.17, 15) is 4.79 Å². The summed E-state index contributed by atoms with van der Waals surface area (Å²) in [4.78, 5) is 14.4. The van der Waals surface area contributed by atoms with Crippen LogP contribution in [0.4, 0.5) is 0 Å². The van der Waals surface area contributed by atoms with Crippen molar-refractivity contribution >= 4 is 17.2 Å². The summed E-state index contributed by atoms with van der Waals surface area (Å²) in [5.74, 6) is 0.128. The number of likely N-dealkylation sites (tertiary alicyclic amines) is 1. The fraction of sp³-hybridized carbons (Fsp3) is 0.444. The molecule has 1 fully saturated rings. The van der Waals surface area contributed by atoms with Crippen LogP contribution in [0.5, 0.6) is 0 Å². The molecule has 1 aromatic heterocycles. The number of nitrogens with zero attached hydrogens (tertiary/aromatic N) is 1. The lowest BCUT2D eigenvalue weighted by Crippen LogP contribution is -2.31. The minimum absolute atomic E-state index is 0.128. The number of carbonyl (C=O) groups excluding carboxylic acids is 1. The maximum absolute atomic E-state index is 11.7. The van der Waals surface area contributed by atoms with Crippen molar-refractivity contribution in [1.82, 2.24) is 4.90 Å². The number of carbonyl (C=O) groups is 1. The minimum Gasteiger partial charge on any atom is -0.336 e. The van der Waals surface area contributed by atoms with E-state index in [-0.39, 0.29) is 11.9 Å². The van der Waals surface area contributed by atoms with Gasteiger partial charge < -0.3 is 10.6 Å².